The number of imidazole rings is 1. The Morgan fingerprint density at radius 1 is 0.508 bits per heavy atom. The lowest BCUT2D eigenvalue weighted by molar-refractivity contribution is 0.446. The van der Waals surface area contributed by atoms with E-state index in [1.54, 1.807) is 54.7 Å². The predicted molar refractivity (Wildman–Crippen MR) is 255 cm³/mol. The third-order valence-electron chi connectivity index (χ3n) is 10.9. The molecule has 9 aromatic rings. The van der Waals surface area contributed by atoms with Gasteiger partial charge in [0.25, 0.3) is 0 Å². The number of para-hydroxylation sites is 1. The molecule has 0 amide bonds. The van der Waals surface area contributed by atoms with Crippen LogP contribution < -0.4 is 0 Å². The van der Waals surface area contributed by atoms with Gasteiger partial charge in [-0.2, -0.15) is 0 Å². The van der Waals surface area contributed by atoms with Crippen molar-refractivity contribution in [2.45, 2.75) is 58.9 Å². The summed E-state index contributed by atoms with van der Waals surface area (Å²) in [5, 5.41) is 13.0. The maximum absolute atomic E-state index is 13.0. The molecule has 2 heterocycles. The van der Waals surface area contributed by atoms with Gasteiger partial charge in [-0.1, -0.05) is 162 Å². The summed E-state index contributed by atoms with van der Waals surface area (Å²) in [7, 11) is 0. The van der Waals surface area contributed by atoms with Gasteiger partial charge in [-0.05, 0) is 111 Å². The summed E-state index contributed by atoms with van der Waals surface area (Å²) in [5.41, 5.74) is -3.05. The van der Waals surface area contributed by atoms with Crippen LogP contribution in [-0.4, -0.2) is 19.6 Å². The highest BCUT2D eigenvalue weighted by atomic mass is 16.3. The molecule has 2 aromatic heterocycles. The fraction of sp³-hybridized carbons (Fsp3) is 0.158. The Kier molecular flexibility index (Phi) is 6.03. The molecule has 0 saturated carbocycles. The molecule has 0 bridgehead atoms. The molecule has 1 N–H and O–H groups in total. The Balaban J connectivity index is 1.49. The topological polar surface area (TPSA) is 50.9 Å². The number of rotatable bonds is 7. The zero-order valence-corrected chi connectivity index (χ0v) is 33.0. The van der Waals surface area contributed by atoms with Crippen molar-refractivity contribution >= 4 is 11.0 Å². The summed E-state index contributed by atoms with van der Waals surface area (Å²) < 4.78 is 159. The molecule has 0 saturated heterocycles. The highest BCUT2D eigenvalue weighted by Gasteiger charge is 2.29. The Morgan fingerprint density at radius 2 is 1.15 bits per heavy atom. The molecule has 61 heavy (non-hydrogen) atoms. The number of phenols is 1. The van der Waals surface area contributed by atoms with Gasteiger partial charge in [0.1, 0.15) is 11.6 Å². The van der Waals surface area contributed by atoms with Crippen LogP contribution in [0.15, 0.2) is 176 Å². The third-order valence-corrected chi connectivity index (χ3v) is 10.9. The number of benzene rings is 7. The van der Waals surface area contributed by atoms with Crippen molar-refractivity contribution in [3.05, 3.63) is 193 Å². The highest BCUT2D eigenvalue weighted by molar-refractivity contribution is 5.98. The number of nitrogens with zero attached hydrogens (tertiary/aromatic N) is 3. The predicted octanol–water partition coefficient (Wildman–Crippen LogP) is 15.0. The van der Waals surface area contributed by atoms with Crippen LogP contribution in [0.2, 0.25) is 0 Å². The first kappa shape index (κ1) is 23.7. The summed E-state index contributed by atoms with van der Waals surface area (Å²) in [6, 6.07) is 49.6. The first-order valence-electron chi connectivity index (χ1n) is 28.6. The average molecular weight is 812 g/mol. The molecule has 0 aliphatic heterocycles. The molecule has 4 heteroatoms. The molecular weight excluding hydrogens is 743 g/mol. The van der Waals surface area contributed by atoms with E-state index in [2.05, 4.69) is 0 Å². The second-order valence-corrected chi connectivity index (χ2v) is 15.2. The normalized spacial score (nSPS) is 17.5. The van der Waals surface area contributed by atoms with E-state index < -0.39 is 80.2 Å². The van der Waals surface area contributed by atoms with E-state index in [9.17, 15) is 5.11 Å². The lowest BCUT2D eigenvalue weighted by Crippen LogP contribution is -2.17. The van der Waals surface area contributed by atoms with Crippen molar-refractivity contribution in [3.8, 4) is 78.6 Å². The minimum absolute atomic E-state index is 0.174. The molecule has 300 valence electrons. The first-order chi connectivity index (χ1) is 36.8. The van der Waals surface area contributed by atoms with Gasteiger partial charge in [0.2, 0.25) is 0 Å². The van der Waals surface area contributed by atoms with Crippen LogP contribution in [0.25, 0.3) is 83.9 Å². The smallest absolute Gasteiger partial charge is 0.149 e. The van der Waals surface area contributed by atoms with Gasteiger partial charge < -0.3 is 5.11 Å². The Labute approximate surface area is 385 Å². The van der Waals surface area contributed by atoms with Crippen LogP contribution in [-0.2, 0) is 10.8 Å². The van der Waals surface area contributed by atoms with Gasteiger partial charge >= 0.3 is 0 Å². The van der Waals surface area contributed by atoms with Crippen molar-refractivity contribution in [2.24, 2.45) is 0 Å². The summed E-state index contributed by atoms with van der Waals surface area (Å²) in [4.78, 5) is 9.97. The Hall–Kier alpha value is -7.04. The van der Waals surface area contributed by atoms with Gasteiger partial charge in [0, 0.05) is 53.1 Å². The first-order valence-corrected chi connectivity index (χ1v) is 19.6. The van der Waals surface area contributed by atoms with Crippen molar-refractivity contribution in [1.29, 1.82) is 0 Å². The molecule has 0 fully saturated rings. The molecule has 9 rings (SSSR count). The number of phenolic OH excluding ortho intramolecular Hbond substituents is 1. The fourth-order valence-corrected chi connectivity index (χ4v) is 7.88. The number of hydrogen-bond acceptors (Lipinski definition) is 3. The van der Waals surface area contributed by atoms with Crippen molar-refractivity contribution in [3.63, 3.8) is 0 Å². The van der Waals surface area contributed by atoms with Crippen LogP contribution in [0.1, 0.15) is 82.5 Å². The van der Waals surface area contributed by atoms with E-state index in [-0.39, 0.29) is 11.0 Å². The second-order valence-electron chi connectivity index (χ2n) is 15.2. The maximum atomic E-state index is 13.0. The number of aromatic hydroxyl groups is 1. The molecule has 0 atom stereocenters. The highest BCUT2D eigenvalue weighted by Crippen LogP contribution is 2.46. The Bertz CT molecular complexity index is 3650. The molecule has 0 spiro atoms. The van der Waals surface area contributed by atoms with E-state index in [0.29, 0.717) is 45.3 Å². The summed E-state index contributed by atoms with van der Waals surface area (Å²) in [5.74, 6) is -1.77. The van der Waals surface area contributed by atoms with Crippen molar-refractivity contribution in [1.82, 2.24) is 14.5 Å². The summed E-state index contributed by atoms with van der Waals surface area (Å²) in [6.07, 6.45) is 1.71. The maximum Gasteiger partial charge on any atom is 0.149 e. The molecule has 0 aliphatic carbocycles. The van der Waals surface area contributed by atoms with Crippen molar-refractivity contribution < 1.29 is 29.8 Å². The monoisotopic (exact) mass is 812 g/mol. The van der Waals surface area contributed by atoms with Gasteiger partial charge in [-0.25, -0.2) is 4.98 Å². The molecule has 0 radical (unpaired) electrons. The van der Waals surface area contributed by atoms with Gasteiger partial charge in [-0.3, -0.25) is 9.55 Å². The number of aryl methyl sites for hydroxylation is 1. The molecule has 4 nitrogen and oxygen atoms in total. The summed E-state index contributed by atoms with van der Waals surface area (Å²) in [6.45, 7) is -22.7. The van der Waals surface area contributed by atoms with Crippen LogP contribution in [0.3, 0.4) is 0 Å². The zero-order chi connectivity index (χ0) is 57.5. The van der Waals surface area contributed by atoms with Gasteiger partial charge in [0.05, 0.1) is 28.0 Å². The van der Waals surface area contributed by atoms with E-state index in [1.807, 2.05) is 116 Å². The zero-order valence-electron chi connectivity index (χ0n) is 51.0. The largest absolute Gasteiger partial charge is 0.507 e. The van der Waals surface area contributed by atoms with E-state index >= 15 is 0 Å². The third kappa shape index (κ3) is 7.66. The van der Waals surface area contributed by atoms with Gasteiger partial charge in [0.15, 0.2) is 0 Å². The fourth-order valence-electron chi connectivity index (χ4n) is 7.88. The van der Waals surface area contributed by atoms with E-state index in [4.69, 9.17) is 34.6 Å². The molecule has 0 aliphatic rings. The van der Waals surface area contributed by atoms with Crippen molar-refractivity contribution in [2.75, 3.05) is 0 Å². The SMILES string of the molecule is [2H]C([2H])([2H])C(c1cc(-c2nc3c(-c4cc(-c5ccccc5)cc(-c5cc(-c6ccccc6)ccn5)c4)cccc3n2-c2ccc(C)cc2-c2ccccc2)c(O)c(C(C([2H])([2H])[2H])(C([2H])([2H])[2H])C([2H])([2H])[2H])c1)(C([2H])([2H])[2H])C([2H])([2H])[2H]. The van der Waals surface area contributed by atoms with Crippen LogP contribution in [0, 0.1) is 6.92 Å². The van der Waals surface area contributed by atoms with Crippen LogP contribution >= 0.6 is 0 Å². The minimum atomic E-state index is -4.13. The van der Waals surface area contributed by atoms with Crippen LogP contribution in [0.5, 0.6) is 5.75 Å². The molecule has 7 aromatic carbocycles. The quantitative estimate of drug-likeness (QED) is 0.174. The average Bonchev–Trinajstić information content (AvgIpc) is 3.25. The second kappa shape index (κ2) is 15.5. The summed E-state index contributed by atoms with van der Waals surface area (Å²) >= 11 is 0. The van der Waals surface area contributed by atoms with E-state index in [1.165, 1.54) is 4.57 Å². The van der Waals surface area contributed by atoms with E-state index in [0.717, 1.165) is 33.9 Å². The lowest BCUT2D eigenvalue weighted by Gasteiger charge is -2.27. The number of fused-ring (bicyclic) bond motifs is 1. The lowest BCUT2D eigenvalue weighted by atomic mass is 9.79. The van der Waals surface area contributed by atoms with Gasteiger partial charge in [-0.15, -0.1) is 0 Å². The molecular formula is C57H51N3O. The standard InChI is InChI=1S/C57H51N3O/c1-37-26-27-51(47(30-37)40-22-15-10-16-23-40)60-52-25-17-24-46(53(52)59-55(60)48-35-45(56(2,3)4)36-49(54(48)61)57(5,6)7)43-31-42(39-20-13-9-14-21-39)32-44(33-43)50-34-41(28-29-58-50)38-18-11-8-12-19-38/h8-36,61H,1-7H3/i2D3,3D3,4D3,5D3,6D3,7D3. The number of aromatic nitrogens is 3. The number of hydrogen-bond donors (Lipinski definition) is 1. The minimum Gasteiger partial charge on any atom is -0.507 e. The molecule has 0 unspecified atom stereocenters. The van der Waals surface area contributed by atoms with Crippen LogP contribution in [0.4, 0.5) is 0 Å². The Morgan fingerprint density at radius 3 is 1.84 bits per heavy atom. The number of pyridine rings is 1.